The molecule has 0 aliphatic carbocycles. The summed E-state index contributed by atoms with van der Waals surface area (Å²) in [6.07, 6.45) is 0. The summed E-state index contributed by atoms with van der Waals surface area (Å²) in [7, 11) is 0. The number of aromatic nitrogens is 2. The predicted octanol–water partition coefficient (Wildman–Crippen LogP) is 5.05. The number of anilines is 3. The second-order valence-corrected chi connectivity index (χ2v) is 6.58. The van der Waals surface area contributed by atoms with E-state index in [1.165, 1.54) is 0 Å². The molecule has 2 N–H and O–H groups in total. The van der Waals surface area contributed by atoms with E-state index in [0.717, 1.165) is 16.8 Å². The molecule has 0 spiro atoms. The van der Waals surface area contributed by atoms with E-state index in [4.69, 9.17) is 11.6 Å². The van der Waals surface area contributed by atoms with Crippen LogP contribution in [0.3, 0.4) is 0 Å². The zero-order valence-electron chi connectivity index (χ0n) is 14.8. The number of rotatable bonds is 4. The van der Waals surface area contributed by atoms with E-state index in [0.29, 0.717) is 28.0 Å². The van der Waals surface area contributed by atoms with Gasteiger partial charge >= 0.3 is 0 Å². The number of halogens is 1. The molecule has 2 aromatic carbocycles. The van der Waals surface area contributed by atoms with Gasteiger partial charge in [-0.05, 0) is 68.3 Å². The van der Waals surface area contributed by atoms with Crippen molar-refractivity contribution < 1.29 is 4.79 Å². The van der Waals surface area contributed by atoms with Crippen molar-refractivity contribution in [1.82, 2.24) is 9.97 Å². The van der Waals surface area contributed by atoms with E-state index in [1.807, 2.05) is 26.0 Å². The van der Waals surface area contributed by atoms with Gasteiger partial charge in [0.1, 0.15) is 17.3 Å². The molecule has 0 atom stereocenters. The van der Waals surface area contributed by atoms with E-state index >= 15 is 0 Å². The highest BCUT2D eigenvalue weighted by Crippen LogP contribution is 2.20. The Morgan fingerprint density at radius 1 is 0.885 bits per heavy atom. The van der Waals surface area contributed by atoms with Gasteiger partial charge in [-0.3, -0.25) is 4.79 Å². The highest BCUT2D eigenvalue weighted by Gasteiger charge is 2.11. The maximum atomic E-state index is 12.5. The second-order valence-electron chi connectivity index (χ2n) is 6.15. The van der Waals surface area contributed by atoms with Gasteiger partial charge < -0.3 is 10.6 Å². The summed E-state index contributed by atoms with van der Waals surface area (Å²) in [5, 5.41) is 6.66. The molecule has 1 heterocycles. The Hall–Kier alpha value is -2.92. The van der Waals surface area contributed by atoms with Gasteiger partial charge in [-0.15, -0.1) is 0 Å². The molecule has 6 heteroatoms. The summed E-state index contributed by atoms with van der Waals surface area (Å²) in [5.74, 6) is 0.783. The van der Waals surface area contributed by atoms with Crippen molar-refractivity contribution in [2.75, 3.05) is 10.6 Å². The first kappa shape index (κ1) is 17.9. The van der Waals surface area contributed by atoms with Crippen molar-refractivity contribution >= 4 is 34.7 Å². The van der Waals surface area contributed by atoms with Gasteiger partial charge in [-0.25, -0.2) is 9.97 Å². The predicted molar refractivity (Wildman–Crippen MR) is 105 cm³/mol. The van der Waals surface area contributed by atoms with Crippen molar-refractivity contribution in [1.29, 1.82) is 0 Å². The van der Waals surface area contributed by atoms with Gasteiger partial charge in [0.25, 0.3) is 5.91 Å². The van der Waals surface area contributed by atoms with Crippen molar-refractivity contribution in [2.45, 2.75) is 20.8 Å². The minimum atomic E-state index is -0.304. The van der Waals surface area contributed by atoms with Crippen LogP contribution in [-0.2, 0) is 0 Å². The summed E-state index contributed by atoms with van der Waals surface area (Å²) < 4.78 is 0. The molecule has 1 aromatic heterocycles. The quantitative estimate of drug-likeness (QED) is 0.678. The lowest BCUT2D eigenvalue weighted by Gasteiger charge is -2.10. The van der Waals surface area contributed by atoms with E-state index in [9.17, 15) is 4.79 Å². The number of carbonyl (C=O) groups is 1. The van der Waals surface area contributed by atoms with Gasteiger partial charge in [-0.2, -0.15) is 0 Å². The molecule has 0 aliphatic rings. The number of hydrogen-bond acceptors (Lipinski definition) is 4. The van der Waals surface area contributed by atoms with E-state index in [-0.39, 0.29) is 5.91 Å². The van der Waals surface area contributed by atoms with Crippen molar-refractivity contribution in [3.63, 3.8) is 0 Å². The summed E-state index contributed by atoms with van der Waals surface area (Å²) in [6.45, 7) is 5.83. The van der Waals surface area contributed by atoms with Crippen LogP contribution in [0, 0.1) is 20.8 Å². The monoisotopic (exact) mass is 366 g/mol. The Balaban J connectivity index is 1.82. The first-order chi connectivity index (χ1) is 12.4. The molecule has 3 rings (SSSR count). The average molecular weight is 367 g/mol. The number of carbonyl (C=O) groups excluding carboxylic acids is 1. The van der Waals surface area contributed by atoms with E-state index in [1.54, 1.807) is 37.3 Å². The van der Waals surface area contributed by atoms with E-state index < -0.39 is 0 Å². The van der Waals surface area contributed by atoms with Crippen LogP contribution >= 0.6 is 11.6 Å². The molecular weight excluding hydrogens is 348 g/mol. The Morgan fingerprint density at radius 3 is 2.19 bits per heavy atom. The second kappa shape index (κ2) is 7.54. The maximum Gasteiger partial charge on any atom is 0.274 e. The molecule has 26 heavy (non-hydrogen) atoms. The molecule has 0 radical (unpaired) electrons. The minimum absolute atomic E-state index is 0.291. The third-order valence-electron chi connectivity index (χ3n) is 3.67. The summed E-state index contributed by atoms with van der Waals surface area (Å²) in [5.41, 5.74) is 4.17. The molecule has 0 saturated carbocycles. The normalized spacial score (nSPS) is 10.5. The molecular formula is C20H19ClN4O. The van der Waals surface area contributed by atoms with Crippen LogP contribution in [0.4, 0.5) is 17.2 Å². The summed E-state index contributed by atoms with van der Waals surface area (Å²) >= 11 is 5.86. The molecule has 0 fully saturated rings. The first-order valence-electron chi connectivity index (χ1n) is 8.17. The third kappa shape index (κ3) is 4.58. The summed E-state index contributed by atoms with van der Waals surface area (Å²) in [6, 6.07) is 14.7. The number of nitrogens with one attached hydrogen (secondary N) is 2. The molecule has 1 amide bonds. The molecule has 132 valence electrons. The summed E-state index contributed by atoms with van der Waals surface area (Å²) in [4.78, 5) is 21.1. The van der Waals surface area contributed by atoms with Gasteiger partial charge in [-0.1, -0.05) is 17.7 Å². The zero-order valence-corrected chi connectivity index (χ0v) is 15.6. The standard InChI is InChI=1S/C20H19ClN4O/c1-12-8-13(2)10-17(9-12)24-19-11-18(22-14(3)23-19)20(26)25-16-6-4-15(21)5-7-16/h4-11H,1-3H3,(H,25,26)(H,22,23,24). The number of amides is 1. The Morgan fingerprint density at radius 2 is 1.54 bits per heavy atom. The lowest BCUT2D eigenvalue weighted by atomic mass is 10.1. The van der Waals surface area contributed by atoms with E-state index in [2.05, 4.69) is 26.7 Å². The van der Waals surface area contributed by atoms with Crippen molar-refractivity contribution in [3.05, 3.63) is 76.2 Å². The number of aryl methyl sites for hydroxylation is 3. The average Bonchev–Trinajstić information content (AvgIpc) is 2.55. The van der Waals surface area contributed by atoms with Gasteiger partial charge in [0.15, 0.2) is 0 Å². The third-order valence-corrected chi connectivity index (χ3v) is 3.92. The molecule has 0 unspecified atom stereocenters. The lowest BCUT2D eigenvalue weighted by Crippen LogP contribution is -2.15. The van der Waals surface area contributed by atoms with Crippen LogP contribution in [0.15, 0.2) is 48.5 Å². The fourth-order valence-electron chi connectivity index (χ4n) is 2.67. The maximum absolute atomic E-state index is 12.5. The SMILES string of the molecule is Cc1cc(C)cc(Nc2cc(C(=O)Nc3ccc(Cl)cc3)nc(C)n2)c1. The van der Waals surface area contributed by atoms with Crippen LogP contribution in [0.1, 0.15) is 27.4 Å². The smallest absolute Gasteiger partial charge is 0.274 e. The van der Waals surface area contributed by atoms with Gasteiger partial charge in [0.05, 0.1) is 0 Å². The van der Waals surface area contributed by atoms with Gasteiger partial charge in [0.2, 0.25) is 0 Å². The Kier molecular flexibility index (Phi) is 5.19. The Labute approximate surface area is 157 Å². The molecule has 0 saturated heterocycles. The van der Waals surface area contributed by atoms with Crippen molar-refractivity contribution in [2.24, 2.45) is 0 Å². The van der Waals surface area contributed by atoms with Crippen LogP contribution in [0.5, 0.6) is 0 Å². The van der Waals surface area contributed by atoms with Gasteiger partial charge in [0, 0.05) is 22.5 Å². The largest absolute Gasteiger partial charge is 0.340 e. The van der Waals surface area contributed by atoms with Crippen LogP contribution in [0.2, 0.25) is 5.02 Å². The Bertz CT molecular complexity index is 934. The molecule has 5 nitrogen and oxygen atoms in total. The minimum Gasteiger partial charge on any atom is -0.340 e. The highest BCUT2D eigenvalue weighted by molar-refractivity contribution is 6.30. The fourth-order valence-corrected chi connectivity index (χ4v) is 2.80. The zero-order chi connectivity index (χ0) is 18.7. The molecule has 0 aliphatic heterocycles. The highest BCUT2D eigenvalue weighted by atomic mass is 35.5. The van der Waals surface area contributed by atoms with Crippen molar-refractivity contribution in [3.8, 4) is 0 Å². The fraction of sp³-hybridized carbons (Fsp3) is 0.150. The lowest BCUT2D eigenvalue weighted by molar-refractivity contribution is 0.102. The number of nitrogens with zero attached hydrogens (tertiary/aromatic N) is 2. The number of benzene rings is 2. The first-order valence-corrected chi connectivity index (χ1v) is 8.55. The number of hydrogen-bond donors (Lipinski definition) is 2. The molecule has 0 bridgehead atoms. The topological polar surface area (TPSA) is 66.9 Å². The van der Waals surface area contributed by atoms with Crippen LogP contribution in [-0.4, -0.2) is 15.9 Å². The van der Waals surface area contributed by atoms with Crippen LogP contribution < -0.4 is 10.6 Å². The molecule has 3 aromatic rings. The van der Waals surface area contributed by atoms with Crippen LogP contribution in [0.25, 0.3) is 0 Å².